The minimum absolute atomic E-state index is 0.167. The van der Waals surface area contributed by atoms with Crippen LogP contribution in [0.4, 0.5) is 5.69 Å². The molecule has 1 atom stereocenters. The molecule has 3 rings (SSSR count). The third-order valence-corrected chi connectivity index (χ3v) is 4.95. The molecule has 1 aromatic heterocycles. The minimum atomic E-state index is -0.490. The van der Waals surface area contributed by atoms with Gasteiger partial charge in [-0.25, -0.2) is 4.79 Å². The van der Waals surface area contributed by atoms with E-state index in [9.17, 15) is 4.79 Å². The van der Waals surface area contributed by atoms with Gasteiger partial charge in [0.1, 0.15) is 11.6 Å². The van der Waals surface area contributed by atoms with Gasteiger partial charge in [0.25, 0.3) is 0 Å². The first-order valence-corrected chi connectivity index (χ1v) is 9.92. The van der Waals surface area contributed by atoms with Gasteiger partial charge in [-0.05, 0) is 51.2 Å². The molecular formula is C23H30N2O2. The Morgan fingerprint density at radius 1 is 1.07 bits per heavy atom. The predicted octanol–water partition coefficient (Wildman–Crippen LogP) is 5.45. The van der Waals surface area contributed by atoms with E-state index < -0.39 is 5.60 Å². The molecule has 0 saturated heterocycles. The Morgan fingerprint density at radius 3 is 2.44 bits per heavy atom. The van der Waals surface area contributed by atoms with Crippen LogP contribution in [-0.4, -0.2) is 22.6 Å². The molecule has 27 heavy (non-hydrogen) atoms. The van der Waals surface area contributed by atoms with Gasteiger partial charge in [-0.15, -0.1) is 0 Å². The zero-order chi connectivity index (χ0) is 19.3. The van der Waals surface area contributed by atoms with E-state index in [0.29, 0.717) is 5.92 Å². The van der Waals surface area contributed by atoms with Crippen molar-refractivity contribution < 1.29 is 9.53 Å². The zero-order valence-corrected chi connectivity index (χ0v) is 16.6. The van der Waals surface area contributed by atoms with Crippen molar-refractivity contribution in [3.63, 3.8) is 0 Å². The van der Waals surface area contributed by atoms with E-state index in [2.05, 4.69) is 28.5 Å². The number of aromatic nitrogens is 1. The number of rotatable bonds is 5. The summed E-state index contributed by atoms with van der Waals surface area (Å²) in [6, 6.07) is 11.9. The summed E-state index contributed by atoms with van der Waals surface area (Å²) in [5, 5.41) is 3.44. The number of benzene rings is 1. The Hall–Kier alpha value is -2.36. The first-order valence-electron chi connectivity index (χ1n) is 9.92. The van der Waals surface area contributed by atoms with Crippen LogP contribution in [0.2, 0.25) is 0 Å². The highest BCUT2D eigenvalue weighted by Gasteiger charge is 2.33. The number of nitrogens with zero attached hydrogens (tertiary/aromatic N) is 1. The van der Waals surface area contributed by atoms with Crippen molar-refractivity contribution in [2.24, 2.45) is 5.92 Å². The van der Waals surface area contributed by atoms with E-state index in [-0.39, 0.29) is 12.0 Å². The fourth-order valence-corrected chi connectivity index (χ4v) is 3.69. The van der Waals surface area contributed by atoms with Gasteiger partial charge < -0.3 is 10.1 Å². The van der Waals surface area contributed by atoms with Gasteiger partial charge in [0.15, 0.2) is 0 Å². The lowest BCUT2D eigenvalue weighted by atomic mass is 9.83. The molecule has 0 aliphatic heterocycles. The summed E-state index contributed by atoms with van der Waals surface area (Å²) >= 11 is 0. The number of ether oxygens (including phenoxy) is 1. The second kappa shape index (κ2) is 8.55. The van der Waals surface area contributed by atoms with E-state index in [1.807, 2.05) is 45.2 Å². The van der Waals surface area contributed by atoms with Crippen LogP contribution in [0.25, 0.3) is 11.1 Å². The number of pyridine rings is 1. The highest BCUT2D eigenvalue weighted by Crippen LogP contribution is 2.30. The molecule has 0 radical (unpaired) electrons. The molecule has 1 heterocycles. The molecule has 1 fully saturated rings. The Labute approximate surface area is 162 Å². The Morgan fingerprint density at radius 2 is 1.78 bits per heavy atom. The van der Waals surface area contributed by atoms with Crippen LogP contribution in [0.5, 0.6) is 0 Å². The van der Waals surface area contributed by atoms with Crippen molar-refractivity contribution in [1.29, 1.82) is 0 Å². The number of esters is 1. The summed E-state index contributed by atoms with van der Waals surface area (Å²) in [6.45, 7) is 5.75. The van der Waals surface area contributed by atoms with Crippen LogP contribution in [0.1, 0.15) is 52.9 Å². The van der Waals surface area contributed by atoms with Crippen LogP contribution >= 0.6 is 0 Å². The number of carbonyl (C=O) groups is 1. The monoisotopic (exact) mass is 366 g/mol. The maximum atomic E-state index is 12.9. The van der Waals surface area contributed by atoms with Crippen LogP contribution in [0.15, 0.2) is 48.8 Å². The predicted molar refractivity (Wildman–Crippen MR) is 110 cm³/mol. The van der Waals surface area contributed by atoms with Crippen molar-refractivity contribution >= 4 is 11.7 Å². The standard InChI is InChI=1S/C23H30N2O2/c1-23(2,3)27-22(26)21(18-12-8-5-9-13-18)25-20-14-19(15-24-16-20)17-10-6-4-7-11-17/h4,6-7,10-11,14-16,18,21,25H,5,8-9,12-13H2,1-3H3. The summed E-state index contributed by atoms with van der Waals surface area (Å²) in [4.78, 5) is 17.3. The number of anilines is 1. The van der Waals surface area contributed by atoms with Gasteiger partial charge in [-0.1, -0.05) is 49.6 Å². The second-order valence-electron chi connectivity index (χ2n) is 8.38. The van der Waals surface area contributed by atoms with E-state index in [0.717, 1.165) is 29.7 Å². The number of nitrogens with one attached hydrogen (secondary N) is 1. The average molecular weight is 367 g/mol. The molecule has 1 aliphatic carbocycles. The summed E-state index contributed by atoms with van der Waals surface area (Å²) < 4.78 is 5.72. The molecule has 1 saturated carbocycles. The van der Waals surface area contributed by atoms with Crippen LogP contribution < -0.4 is 5.32 Å². The molecule has 4 heteroatoms. The van der Waals surface area contributed by atoms with E-state index in [4.69, 9.17) is 4.74 Å². The number of hydrogen-bond acceptors (Lipinski definition) is 4. The highest BCUT2D eigenvalue weighted by atomic mass is 16.6. The molecule has 0 bridgehead atoms. The third kappa shape index (κ3) is 5.56. The molecule has 1 aromatic carbocycles. The quantitative estimate of drug-likeness (QED) is 0.715. The topological polar surface area (TPSA) is 51.2 Å². The SMILES string of the molecule is CC(C)(C)OC(=O)C(Nc1cncc(-c2ccccc2)c1)C1CCCCC1. The lowest BCUT2D eigenvalue weighted by Crippen LogP contribution is -2.42. The van der Waals surface area contributed by atoms with Gasteiger partial charge in [0.2, 0.25) is 0 Å². The fourth-order valence-electron chi connectivity index (χ4n) is 3.69. The molecular weight excluding hydrogens is 336 g/mol. The number of carbonyl (C=O) groups excluding carboxylic acids is 1. The molecule has 1 unspecified atom stereocenters. The molecule has 1 N–H and O–H groups in total. The Kier molecular flexibility index (Phi) is 6.15. The van der Waals surface area contributed by atoms with E-state index in [1.54, 1.807) is 6.20 Å². The molecule has 4 nitrogen and oxygen atoms in total. The van der Waals surface area contributed by atoms with E-state index >= 15 is 0 Å². The molecule has 0 spiro atoms. The fraction of sp³-hybridized carbons (Fsp3) is 0.478. The first kappa shape index (κ1) is 19.4. The van der Waals surface area contributed by atoms with E-state index in [1.165, 1.54) is 19.3 Å². The maximum absolute atomic E-state index is 12.9. The van der Waals surface area contributed by atoms with Gasteiger partial charge in [0.05, 0.1) is 5.69 Å². The number of hydrogen-bond donors (Lipinski definition) is 1. The minimum Gasteiger partial charge on any atom is -0.458 e. The normalized spacial score (nSPS) is 16.6. The van der Waals surface area contributed by atoms with Crippen molar-refractivity contribution in [3.05, 3.63) is 48.8 Å². The lowest BCUT2D eigenvalue weighted by Gasteiger charge is -2.32. The molecule has 2 aromatic rings. The largest absolute Gasteiger partial charge is 0.458 e. The summed E-state index contributed by atoms with van der Waals surface area (Å²) in [5.41, 5.74) is 2.51. The molecule has 0 amide bonds. The van der Waals surface area contributed by atoms with Crippen molar-refractivity contribution in [2.45, 2.75) is 64.5 Å². The van der Waals surface area contributed by atoms with Crippen molar-refractivity contribution in [2.75, 3.05) is 5.32 Å². The van der Waals surface area contributed by atoms with Gasteiger partial charge >= 0.3 is 5.97 Å². The second-order valence-corrected chi connectivity index (χ2v) is 8.38. The summed E-state index contributed by atoms with van der Waals surface area (Å²) in [7, 11) is 0. The summed E-state index contributed by atoms with van der Waals surface area (Å²) in [6.07, 6.45) is 9.35. The van der Waals surface area contributed by atoms with Crippen molar-refractivity contribution in [3.8, 4) is 11.1 Å². The highest BCUT2D eigenvalue weighted by molar-refractivity contribution is 5.80. The van der Waals surface area contributed by atoms with Crippen LogP contribution in [-0.2, 0) is 9.53 Å². The van der Waals surface area contributed by atoms with Crippen LogP contribution in [0, 0.1) is 5.92 Å². The van der Waals surface area contributed by atoms with Crippen LogP contribution in [0.3, 0.4) is 0 Å². The maximum Gasteiger partial charge on any atom is 0.329 e. The zero-order valence-electron chi connectivity index (χ0n) is 16.6. The molecule has 1 aliphatic rings. The Balaban J connectivity index is 1.82. The summed E-state index contributed by atoms with van der Waals surface area (Å²) in [5.74, 6) is 0.133. The van der Waals surface area contributed by atoms with Gasteiger partial charge in [-0.3, -0.25) is 4.98 Å². The smallest absolute Gasteiger partial charge is 0.329 e. The molecule has 144 valence electrons. The van der Waals surface area contributed by atoms with Gasteiger partial charge in [-0.2, -0.15) is 0 Å². The first-order chi connectivity index (χ1) is 12.9. The van der Waals surface area contributed by atoms with Crippen molar-refractivity contribution in [1.82, 2.24) is 4.98 Å². The Bertz CT molecular complexity index is 746. The average Bonchev–Trinajstić information content (AvgIpc) is 2.66. The van der Waals surface area contributed by atoms with Gasteiger partial charge in [0, 0.05) is 18.0 Å². The lowest BCUT2D eigenvalue weighted by molar-refractivity contribution is -0.157. The third-order valence-electron chi connectivity index (χ3n) is 4.95.